The number of piperidine rings is 1. The Bertz CT molecular complexity index is 1050. The predicted molar refractivity (Wildman–Crippen MR) is 124 cm³/mol. The topological polar surface area (TPSA) is 86.8 Å². The van der Waals surface area contributed by atoms with E-state index in [0.29, 0.717) is 31.7 Å². The molecule has 0 saturated carbocycles. The molecule has 7 nitrogen and oxygen atoms in total. The maximum atomic E-state index is 13.0. The molecule has 0 aliphatic carbocycles. The van der Waals surface area contributed by atoms with Crippen molar-refractivity contribution in [1.29, 1.82) is 0 Å². The molecule has 2 amide bonds. The van der Waals surface area contributed by atoms with Crippen LogP contribution in [0.1, 0.15) is 47.7 Å². The van der Waals surface area contributed by atoms with Crippen molar-refractivity contribution in [2.24, 2.45) is 0 Å². The molecule has 32 heavy (non-hydrogen) atoms. The monoisotopic (exact) mass is 457 g/mol. The van der Waals surface area contributed by atoms with Gasteiger partial charge in [-0.05, 0) is 49.9 Å². The van der Waals surface area contributed by atoms with Crippen LogP contribution >= 0.6 is 0 Å². The van der Waals surface area contributed by atoms with Crippen molar-refractivity contribution in [2.75, 3.05) is 26.2 Å². The first-order valence-electron chi connectivity index (χ1n) is 11.0. The molecule has 1 aliphatic heterocycles. The van der Waals surface area contributed by atoms with Gasteiger partial charge in [0.25, 0.3) is 5.91 Å². The molecular formula is C24H31N3O4S. The van der Waals surface area contributed by atoms with Gasteiger partial charge in [0.15, 0.2) is 0 Å². The van der Waals surface area contributed by atoms with Crippen molar-refractivity contribution < 1.29 is 18.0 Å². The minimum absolute atomic E-state index is 0.112. The van der Waals surface area contributed by atoms with Gasteiger partial charge >= 0.3 is 0 Å². The lowest BCUT2D eigenvalue weighted by Crippen LogP contribution is -2.40. The van der Waals surface area contributed by atoms with E-state index in [1.807, 2.05) is 37.3 Å². The summed E-state index contributed by atoms with van der Waals surface area (Å²) in [5.41, 5.74) is 1.94. The SMILES string of the molecule is CCN(Cc1ccccc1)C(=O)CNC(=O)c1cc(S(=O)(=O)N2CCCCC2)ccc1C. The minimum atomic E-state index is -3.64. The van der Waals surface area contributed by atoms with Gasteiger partial charge in [0.2, 0.25) is 15.9 Å². The lowest BCUT2D eigenvalue weighted by molar-refractivity contribution is -0.130. The van der Waals surface area contributed by atoms with Crippen LogP contribution in [0.15, 0.2) is 53.4 Å². The van der Waals surface area contributed by atoms with Crippen LogP contribution in [0.4, 0.5) is 0 Å². The first-order valence-corrected chi connectivity index (χ1v) is 12.5. The van der Waals surface area contributed by atoms with Gasteiger partial charge in [-0.3, -0.25) is 9.59 Å². The molecule has 1 N–H and O–H groups in total. The third kappa shape index (κ3) is 5.75. The van der Waals surface area contributed by atoms with Crippen molar-refractivity contribution in [3.05, 3.63) is 65.2 Å². The number of amides is 2. The summed E-state index contributed by atoms with van der Waals surface area (Å²) in [6.45, 7) is 5.48. The molecule has 1 saturated heterocycles. The Hall–Kier alpha value is -2.71. The molecule has 0 unspecified atom stereocenters. The molecule has 172 valence electrons. The fourth-order valence-corrected chi connectivity index (χ4v) is 5.35. The van der Waals surface area contributed by atoms with Crippen LogP contribution in [0.3, 0.4) is 0 Å². The van der Waals surface area contributed by atoms with E-state index in [0.717, 1.165) is 24.8 Å². The van der Waals surface area contributed by atoms with E-state index in [2.05, 4.69) is 5.32 Å². The molecule has 0 aromatic heterocycles. The summed E-state index contributed by atoms with van der Waals surface area (Å²) >= 11 is 0. The molecule has 1 heterocycles. The number of nitrogens with zero attached hydrogens (tertiary/aromatic N) is 2. The summed E-state index contributed by atoms with van der Waals surface area (Å²) in [5.74, 6) is -0.651. The van der Waals surface area contributed by atoms with Crippen LogP contribution in [-0.2, 0) is 21.4 Å². The molecule has 2 aromatic rings. The summed E-state index contributed by atoms with van der Waals surface area (Å²) < 4.78 is 27.4. The van der Waals surface area contributed by atoms with E-state index in [1.54, 1.807) is 24.0 Å². The first kappa shape index (κ1) is 23.9. The number of benzene rings is 2. The molecular weight excluding hydrogens is 426 g/mol. The van der Waals surface area contributed by atoms with Crippen molar-refractivity contribution in [2.45, 2.75) is 44.6 Å². The minimum Gasteiger partial charge on any atom is -0.343 e. The van der Waals surface area contributed by atoms with Crippen LogP contribution in [0.5, 0.6) is 0 Å². The Kier molecular flexibility index (Phi) is 8.04. The van der Waals surface area contributed by atoms with Crippen LogP contribution in [0.25, 0.3) is 0 Å². The largest absolute Gasteiger partial charge is 0.343 e. The average molecular weight is 458 g/mol. The summed E-state index contributed by atoms with van der Waals surface area (Å²) in [5, 5.41) is 2.66. The highest BCUT2D eigenvalue weighted by molar-refractivity contribution is 7.89. The number of sulfonamides is 1. The average Bonchev–Trinajstić information content (AvgIpc) is 2.82. The quantitative estimate of drug-likeness (QED) is 0.660. The fourth-order valence-electron chi connectivity index (χ4n) is 3.80. The summed E-state index contributed by atoms with van der Waals surface area (Å²) in [4.78, 5) is 27.2. The first-order chi connectivity index (χ1) is 15.3. The zero-order valence-electron chi connectivity index (χ0n) is 18.7. The molecule has 3 rings (SSSR count). The van der Waals surface area contributed by atoms with E-state index in [4.69, 9.17) is 0 Å². The number of carbonyl (C=O) groups is 2. The summed E-state index contributed by atoms with van der Waals surface area (Å²) in [7, 11) is -3.64. The lowest BCUT2D eigenvalue weighted by atomic mass is 10.1. The van der Waals surface area contributed by atoms with E-state index in [-0.39, 0.29) is 22.9 Å². The van der Waals surface area contributed by atoms with Crippen molar-refractivity contribution in [3.8, 4) is 0 Å². The molecule has 8 heteroatoms. The van der Waals surface area contributed by atoms with Gasteiger partial charge in [-0.1, -0.05) is 42.8 Å². The van der Waals surface area contributed by atoms with Gasteiger partial charge in [0.1, 0.15) is 0 Å². The van der Waals surface area contributed by atoms with Crippen LogP contribution < -0.4 is 5.32 Å². The second kappa shape index (κ2) is 10.7. The van der Waals surface area contributed by atoms with E-state index >= 15 is 0 Å². The second-order valence-electron chi connectivity index (χ2n) is 8.02. The van der Waals surface area contributed by atoms with E-state index < -0.39 is 15.9 Å². The van der Waals surface area contributed by atoms with Gasteiger partial charge in [0.05, 0.1) is 11.4 Å². The number of likely N-dealkylation sites (N-methyl/N-ethyl adjacent to an activating group) is 1. The Labute approximate surface area is 190 Å². The Balaban J connectivity index is 1.68. The standard InChI is InChI=1S/C24H31N3O4S/c1-3-26(18-20-10-6-4-7-11-20)23(28)17-25-24(29)22-16-21(13-12-19(22)2)32(30,31)27-14-8-5-9-15-27/h4,6-7,10-13,16H,3,5,8-9,14-15,17-18H2,1-2H3,(H,25,29). The number of nitrogens with one attached hydrogen (secondary N) is 1. The van der Waals surface area contributed by atoms with E-state index in [9.17, 15) is 18.0 Å². The third-order valence-electron chi connectivity index (χ3n) is 5.76. The molecule has 0 bridgehead atoms. The Morgan fingerprint density at radius 2 is 1.72 bits per heavy atom. The number of rotatable bonds is 8. The second-order valence-corrected chi connectivity index (χ2v) is 9.96. The lowest BCUT2D eigenvalue weighted by Gasteiger charge is -2.26. The van der Waals surface area contributed by atoms with Crippen molar-refractivity contribution >= 4 is 21.8 Å². The number of hydrogen-bond donors (Lipinski definition) is 1. The summed E-state index contributed by atoms with van der Waals surface area (Å²) in [6.07, 6.45) is 2.72. The molecule has 0 radical (unpaired) electrons. The van der Waals surface area contributed by atoms with Crippen LogP contribution in [0.2, 0.25) is 0 Å². The fraction of sp³-hybridized carbons (Fsp3) is 0.417. The van der Waals surface area contributed by atoms with E-state index in [1.165, 1.54) is 10.4 Å². The zero-order chi connectivity index (χ0) is 23.1. The summed E-state index contributed by atoms with van der Waals surface area (Å²) in [6, 6.07) is 14.3. The highest BCUT2D eigenvalue weighted by atomic mass is 32.2. The molecule has 1 aliphatic rings. The molecule has 0 spiro atoms. The highest BCUT2D eigenvalue weighted by Crippen LogP contribution is 2.23. The smallest absolute Gasteiger partial charge is 0.252 e. The highest BCUT2D eigenvalue weighted by Gasteiger charge is 2.27. The third-order valence-corrected chi connectivity index (χ3v) is 7.65. The van der Waals surface area contributed by atoms with Crippen LogP contribution in [-0.4, -0.2) is 55.6 Å². The maximum absolute atomic E-state index is 13.0. The van der Waals surface area contributed by atoms with Gasteiger partial charge < -0.3 is 10.2 Å². The molecule has 0 atom stereocenters. The van der Waals surface area contributed by atoms with Gasteiger partial charge in [0, 0.05) is 31.7 Å². The number of aryl methyl sites for hydroxylation is 1. The number of hydrogen-bond acceptors (Lipinski definition) is 4. The Morgan fingerprint density at radius 1 is 1.03 bits per heavy atom. The van der Waals surface area contributed by atoms with Crippen LogP contribution in [0, 0.1) is 6.92 Å². The maximum Gasteiger partial charge on any atom is 0.252 e. The van der Waals surface area contributed by atoms with Crippen molar-refractivity contribution in [1.82, 2.24) is 14.5 Å². The zero-order valence-corrected chi connectivity index (χ0v) is 19.5. The number of carbonyl (C=O) groups excluding carboxylic acids is 2. The molecule has 1 fully saturated rings. The molecule has 2 aromatic carbocycles. The van der Waals surface area contributed by atoms with Gasteiger partial charge in [-0.15, -0.1) is 0 Å². The van der Waals surface area contributed by atoms with Gasteiger partial charge in [-0.25, -0.2) is 8.42 Å². The normalized spacial score (nSPS) is 14.7. The Morgan fingerprint density at radius 3 is 2.38 bits per heavy atom. The predicted octanol–water partition coefficient (Wildman–Crippen LogP) is 2.95. The van der Waals surface area contributed by atoms with Crippen molar-refractivity contribution in [3.63, 3.8) is 0 Å². The van der Waals surface area contributed by atoms with Gasteiger partial charge in [-0.2, -0.15) is 4.31 Å².